The van der Waals surface area contributed by atoms with Gasteiger partial charge in [-0.15, -0.1) is 0 Å². The summed E-state index contributed by atoms with van der Waals surface area (Å²) in [4.78, 5) is 36.7. The second kappa shape index (κ2) is 8.42. The van der Waals surface area contributed by atoms with E-state index >= 15 is 0 Å². The summed E-state index contributed by atoms with van der Waals surface area (Å²) in [7, 11) is 1.44. The van der Waals surface area contributed by atoms with Gasteiger partial charge in [-0.1, -0.05) is 0 Å². The van der Waals surface area contributed by atoms with Gasteiger partial charge in [-0.05, 0) is 25.1 Å². The third-order valence-electron chi connectivity index (χ3n) is 4.56. The van der Waals surface area contributed by atoms with Crippen molar-refractivity contribution in [1.82, 2.24) is 0 Å². The highest BCUT2D eigenvalue weighted by molar-refractivity contribution is 6.05. The van der Waals surface area contributed by atoms with Crippen LogP contribution in [-0.4, -0.2) is 51.4 Å². The van der Waals surface area contributed by atoms with Crippen LogP contribution in [-0.2, 0) is 9.53 Å². The summed E-state index contributed by atoms with van der Waals surface area (Å²) < 4.78 is 31.8. The third-order valence-corrected chi connectivity index (χ3v) is 4.56. The Balaban J connectivity index is 1.44. The molecule has 2 aromatic carbocycles. The van der Waals surface area contributed by atoms with Gasteiger partial charge in [-0.3, -0.25) is 9.59 Å². The highest BCUT2D eigenvalue weighted by Crippen LogP contribution is 2.40. The number of hydrogen-bond acceptors (Lipinski definition) is 9. The normalized spacial score (nSPS) is 13.4. The number of Topliss-reactive ketones (excluding diaryl/α,β-unsaturated/α-hetero) is 1. The predicted octanol–water partition coefficient (Wildman–Crippen LogP) is 2.19. The van der Waals surface area contributed by atoms with E-state index in [-0.39, 0.29) is 29.4 Å². The molecule has 2 aliphatic heterocycles. The molecule has 0 radical (unpaired) electrons. The minimum absolute atomic E-state index is 0.0285. The van der Waals surface area contributed by atoms with E-state index in [4.69, 9.17) is 28.4 Å². The van der Waals surface area contributed by atoms with Crippen molar-refractivity contribution in [3.63, 3.8) is 0 Å². The molecule has 1 amide bonds. The molecule has 2 heterocycles. The fraction of sp³-hybridized carbons (Fsp3) is 0.286. The standard InChI is InChI=1S/C21H19NO9/c1-11(23)13-7-15-16(31-10-30-15)8-14(13)22-19(24)9-29-21(25)12-5-17(26-2)20-18(6-12)27-3-4-28-20/h5-8H,3-4,9-10H2,1-2H3,(H,22,24). The van der Waals surface area contributed by atoms with E-state index in [1.807, 2.05) is 0 Å². The lowest BCUT2D eigenvalue weighted by molar-refractivity contribution is -0.119. The van der Waals surface area contributed by atoms with Gasteiger partial charge in [0.15, 0.2) is 35.4 Å². The summed E-state index contributed by atoms with van der Waals surface area (Å²) in [5.74, 6) is 0.259. The first-order valence-corrected chi connectivity index (χ1v) is 9.35. The smallest absolute Gasteiger partial charge is 0.338 e. The Morgan fingerprint density at radius 1 is 0.968 bits per heavy atom. The maximum Gasteiger partial charge on any atom is 0.338 e. The van der Waals surface area contributed by atoms with Crippen molar-refractivity contribution in [3.05, 3.63) is 35.4 Å². The highest BCUT2D eigenvalue weighted by atomic mass is 16.7. The Kier molecular flexibility index (Phi) is 5.52. The number of rotatable bonds is 6. The largest absolute Gasteiger partial charge is 0.493 e. The summed E-state index contributed by atoms with van der Waals surface area (Å²) in [5, 5.41) is 2.56. The molecule has 0 bridgehead atoms. The monoisotopic (exact) mass is 429 g/mol. The number of amides is 1. The summed E-state index contributed by atoms with van der Waals surface area (Å²) in [6.07, 6.45) is 0. The van der Waals surface area contributed by atoms with Crippen molar-refractivity contribution in [2.75, 3.05) is 39.0 Å². The van der Waals surface area contributed by atoms with Gasteiger partial charge in [-0.25, -0.2) is 4.79 Å². The molecule has 0 aliphatic carbocycles. The Hall–Kier alpha value is -3.95. The molecular weight excluding hydrogens is 410 g/mol. The van der Waals surface area contributed by atoms with E-state index in [0.717, 1.165) is 0 Å². The molecule has 1 N–H and O–H groups in total. The van der Waals surface area contributed by atoms with Crippen LogP contribution in [0.15, 0.2) is 24.3 Å². The second-order valence-electron chi connectivity index (χ2n) is 6.63. The minimum Gasteiger partial charge on any atom is -0.493 e. The van der Waals surface area contributed by atoms with Gasteiger partial charge < -0.3 is 33.7 Å². The molecule has 10 nitrogen and oxygen atoms in total. The maximum atomic E-state index is 12.4. The fourth-order valence-corrected chi connectivity index (χ4v) is 3.13. The van der Waals surface area contributed by atoms with Gasteiger partial charge in [0, 0.05) is 11.6 Å². The van der Waals surface area contributed by atoms with Crippen molar-refractivity contribution >= 4 is 23.3 Å². The molecule has 0 saturated heterocycles. The molecular formula is C21H19NO9. The van der Waals surface area contributed by atoms with Crippen molar-refractivity contribution in [2.24, 2.45) is 0 Å². The molecule has 0 aromatic heterocycles. The predicted molar refractivity (Wildman–Crippen MR) is 105 cm³/mol. The summed E-state index contributed by atoms with van der Waals surface area (Å²) in [6, 6.07) is 5.89. The molecule has 0 fully saturated rings. The lowest BCUT2D eigenvalue weighted by Gasteiger charge is -2.21. The van der Waals surface area contributed by atoms with E-state index < -0.39 is 18.5 Å². The van der Waals surface area contributed by atoms with Crippen LogP contribution in [0.25, 0.3) is 0 Å². The Labute approximate surface area is 176 Å². The highest BCUT2D eigenvalue weighted by Gasteiger charge is 2.23. The van der Waals surface area contributed by atoms with Gasteiger partial charge >= 0.3 is 5.97 Å². The van der Waals surface area contributed by atoms with E-state index in [0.29, 0.717) is 42.0 Å². The number of esters is 1. The van der Waals surface area contributed by atoms with E-state index in [1.165, 1.54) is 38.3 Å². The van der Waals surface area contributed by atoms with Crippen LogP contribution in [0.2, 0.25) is 0 Å². The van der Waals surface area contributed by atoms with Crippen molar-refractivity contribution in [1.29, 1.82) is 0 Å². The number of nitrogens with one attached hydrogen (secondary N) is 1. The number of carbonyl (C=O) groups is 3. The van der Waals surface area contributed by atoms with Gasteiger partial charge in [0.25, 0.3) is 5.91 Å². The van der Waals surface area contributed by atoms with Crippen molar-refractivity contribution in [3.8, 4) is 28.7 Å². The summed E-state index contributed by atoms with van der Waals surface area (Å²) >= 11 is 0. The number of hydrogen-bond donors (Lipinski definition) is 1. The average Bonchev–Trinajstić information content (AvgIpc) is 3.23. The van der Waals surface area contributed by atoms with Crippen molar-refractivity contribution < 1.29 is 42.8 Å². The molecule has 4 rings (SSSR count). The van der Waals surface area contributed by atoms with Crippen molar-refractivity contribution in [2.45, 2.75) is 6.92 Å². The Bertz CT molecular complexity index is 1050. The Morgan fingerprint density at radius 2 is 1.71 bits per heavy atom. The molecule has 31 heavy (non-hydrogen) atoms. The van der Waals surface area contributed by atoms with Gasteiger partial charge in [0.05, 0.1) is 18.4 Å². The number of anilines is 1. The van der Waals surface area contributed by atoms with E-state index in [2.05, 4.69) is 5.32 Å². The first-order chi connectivity index (χ1) is 15.0. The average molecular weight is 429 g/mol. The number of carbonyl (C=O) groups excluding carboxylic acids is 3. The molecule has 0 atom stereocenters. The molecule has 2 aliphatic rings. The molecule has 162 valence electrons. The molecule has 0 unspecified atom stereocenters. The SMILES string of the molecule is COc1cc(C(=O)OCC(=O)Nc2cc3c(cc2C(C)=O)OCO3)cc2c1OCCO2. The van der Waals surface area contributed by atoms with E-state index in [1.54, 1.807) is 0 Å². The molecule has 0 spiro atoms. The van der Waals surface area contributed by atoms with Crippen LogP contribution < -0.4 is 29.0 Å². The fourth-order valence-electron chi connectivity index (χ4n) is 3.13. The molecule has 10 heteroatoms. The minimum atomic E-state index is -0.747. The van der Waals surface area contributed by atoms with E-state index in [9.17, 15) is 14.4 Å². The Morgan fingerprint density at radius 3 is 2.45 bits per heavy atom. The zero-order valence-corrected chi connectivity index (χ0v) is 16.8. The topological polar surface area (TPSA) is 119 Å². The first-order valence-electron chi connectivity index (χ1n) is 9.35. The number of methoxy groups -OCH3 is 1. The number of benzene rings is 2. The van der Waals surface area contributed by atoms with Gasteiger partial charge in [0.2, 0.25) is 12.5 Å². The summed E-state index contributed by atoms with van der Waals surface area (Å²) in [6.45, 7) is 1.53. The maximum absolute atomic E-state index is 12.4. The molecule has 0 saturated carbocycles. The number of ketones is 1. The van der Waals surface area contributed by atoms with Crippen LogP contribution in [0.3, 0.4) is 0 Å². The lowest BCUT2D eigenvalue weighted by Crippen LogP contribution is -2.22. The molecule has 2 aromatic rings. The van der Waals surface area contributed by atoms with Gasteiger partial charge in [0.1, 0.15) is 13.2 Å². The zero-order chi connectivity index (χ0) is 22.0. The van der Waals surface area contributed by atoms with Crippen LogP contribution in [0.4, 0.5) is 5.69 Å². The van der Waals surface area contributed by atoms with Gasteiger partial charge in [-0.2, -0.15) is 0 Å². The first kappa shape index (κ1) is 20.3. The van der Waals surface area contributed by atoms with Crippen LogP contribution >= 0.6 is 0 Å². The third kappa shape index (κ3) is 4.18. The number of fused-ring (bicyclic) bond motifs is 2. The van der Waals surface area contributed by atoms with Crippen LogP contribution in [0.5, 0.6) is 28.7 Å². The number of ether oxygens (including phenoxy) is 6. The van der Waals surface area contributed by atoms with Crippen LogP contribution in [0, 0.1) is 0 Å². The zero-order valence-electron chi connectivity index (χ0n) is 16.8. The quantitative estimate of drug-likeness (QED) is 0.544. The lowest BCUT2D eigenvalue weighted by atomic mass is 10.1. The van der Waals surface area contributed by atoms with Crippen LogP contribution in [0.1, 0.15) is 27.6 Å². The summed E-state index contributed by atoms with van der Waals surface area (Å²) in [5.41, 5.74) is 0.626. The second-order valence-corrected chi connectivity index (χ2v) is 6.63.